The van der Waals surface area contributed by atoms with Crippen LogP contribution in [-0.4, -0.2) is 17.9 Å². The molecule has 2 unspecified atom stereocenters. The molecule has 1 saturated heterocycles. The topological polar surface area (TPSA) is 43.4 Å². The molecule has 118 valence electrons. The Labute approximate surface area is 140 Å². The van der Waals surface area contributed by atoms with Crippen LogP contribution in [0.2, 0.25) is 5.02 Å². The van der Waals surface area contributed by atoms with Gasteiger partial charge in [0.25, 0.3) is 0 Å². The number of carbonyl (C=O) groups excluding carboxylic acids is 2. The number of ketones is 1. The number of hydrogen-bond donors (Lipinski definition) is 0. The van der Waals surface area contributed by atoms with Gasteiger partial charge in [-0.2, -0.15) is 0 Å². The first-order valence-corrected chi connectivity index (χ1v) is 7.87. The van der Waals surface area contributed by atoms with Gasteiger partial charge in [0.2, 0.25) is 0 Å². The van der Waals surface area contributed by atoms with Crippen molar-refractivity contribution in [3.8, 4) is 11.1 Å². The molecule has 2 aromatic rings. The van der Waals surface area contributed by atoms with E-state index in [0.717, 1.165) is 27.8 Å². The summed E-state index contributed by atoms with van der Waals surface area (Å²) in [5.41, 5.74) is 4.72. The summed E-state index contributed by atoms with van der Waals surface area (Å²) in [6.45, 7) is 5.54. The third-order valence-electron chi connectivity index (χ3n) is 4.29. The van der Waals surface area contributed by atoms with E-state index in [4.69, 9.17) is 16.3 Å². The largest absolute Gasteiger partial charge is 0.454 e. The van der Waals surface area contributed by atoms with Crippen LogP contribution in [0.25, 0.3) is 11.1 Å². The van der Waals surface area contributed by atoms with Gasteiger partial charge < -0.3 is 4.74 Å². The van der Waals surface area contributed by atoms with Crippen molar-refractivity contribution < 1.29 is 14.3 Å². The molecule has 23 heavy (non-hydrogen) atoms. The van der Waals surface area contributed by atoms with Crippen LogP contribution in [0.15, 0.2) is 36.4 Å². The fourth-order valence-corrected chi connectivity index (χ4v) is 3.18. The van der Waals surface area contributed by atoms with Gasteiger partial charge in [-0.15, -0.1) is 0 Å². The quantitative estimate of drug-likeness (QED) is 0.612. The molecule has 0 bridgehead atoms. The van der Waals surface area contributed by atoms with Gasteiger partial charge in [-0.25, -0.2) is 0 Å². The van der Waals surface area contributed by atoms with Gasteiger partial charge in [-0.1, -0.05) is 29.8 Å². The molecule has 0 radical (unpaired) electrons. The first-order valence-electron chi connectivity index (χ1n) is 7.50. The van der Waals surface area contributed by atoms with E-state index in [2.05, 4.69) is 0 Å². The molecule has 0 amide bonds. The highest BCUT2D eigenvalue weighted by molar-refractivity contribution is 6.30. The summed E-state index contributed by atoms with van der Waals surface area (Å²) >= 11 is 5.95. The molecule has 4 heteroatoms. The Balaban J connectivity index is 2.12. The van der Waals surface area contributed by atoms with Crippen molar-refractivity contribution in [2.24, 2.45) is 0 Å². The molecule has 3 rings (SSSR count). The number of ether oxygens (including phenoxy) is 1. The van der Waals surface area contributed by atoms with E-state index in [1.54, 1.807) is 6.92 Å². The highest BCUT2D eigenvalue weighted by Crippen LogP contribution is 2.35. The van der Waals surface area contributed by atoms with E-state index in [9.17, 15) is 9.59 Å². The number of carbonyl (C=O) groups is 2. The van der Waals surface area contributed by atoms with Crippen LogP contribution < -0.4 is 0 Å². The second kappa shape index (κ2) is 5.82. The number of benzene rings is 2. The summed E-state index contributed by atoms with van der Waals surface area (Å²) in [5, 5.41) is 0.669. The second-order valence-electron chi connectivity index (χ2n) is 5.95. The molecule has 2 atom stereocenters. The standard InChI is InChI=1S/C19H17ClO3/c1-10-8-11(2)16(17-18(21)12(3)23-19(17)22)9-15(10)13-4-6-14(20)7-5-13/h4-9,12,17H,1-3H3. The lowest BCUT2D eigenvalue weighted by Gasteiger charge is -2.15. The number of rotatable bonds is 2. The van der Waals surface area contributed by atoms with Crippen LogP contribution in [0.1, 0.15) is 29.5 Å². The van der Waals surface area contributed by atoms with Crippen LogP contribution in [-0.2, 0) is 14.3 Å². The predicted molar refractivity (Wildman–Crippen MR) is 89.7 cm³/mol. The monoisotopic (exact) mass is 328 g/mol. The molecule has 3 nitrogen and oxygen atoms in total. The zero-order chi connectivity index (χ0) is 16.7. The van der Waals surface area contributed by atoms with Crippen molar-refractivity contribution >= 4 is 23.4 Å². The minimum Gasteiger partial charge on any atom is -0.454 e. The Morgan fingerprint density at radius 1 is 1.00 bits per heavy atom. The third-order valence-corrected chi connectivity index (χ3v) is 4.55. The van der Waals surface area contributed by atoms with E-state index in [1.807, 2.05) is 50.2 Å². The van der Waals surface area contributed by atoms with Gasteiger partial charge in [0.1, 0.15) is 5.92 Å². The number of aryl methyl sites for hydroxylation is 2. The molecule has 0 N–H and O–H groups in total. The normalized spacial score (nSPS) is 20.7. The fraction of sp³-hybridized carbons (Fsp3) is 0.263. The van der Waals surface area contributed by atoms with Gasteiger partial charge in [0, 0.05) is 5.02 Å². The van der Waals surface area contributed by atoms with Gasteiger partial charge in [0.05, 0.1) is 0 Å². The molecular formula is C19H17ClO3. The molecule has 1 fully saturated rings. The zero-order valence-electron chi connectivity index (χ0n) is 13.2. The molecule has 1 aliphatic heterocycles. The van der Waals surface area contributed by atoms with Crippen LogP contribution in [0.5, 0.6) is 0 Å². The van der Waals surface area contributed by atoms with Crippen molar-refractivity contribution in [3.63, 3.8) is 0 Å². The Hall–Kier alpha value is -2.13. The highest BCUT2D eigenvalue weighted by atomic mass is 35.5. The Morgan fingerprint density at radius 2 is 1.65 bits per heavy atom. The molecular weight excluding hydrogens is 312 g/mol. The smallest absolute Gasteiger partial charge is 0.321 e. The second-order valence-corrected chi connectivity index (χ2v) is 6.38. The maximum Gasteiger partial charge on any atom is 0.321 e. The van der Waals surface area contributed by atoms with Crippen LogP contribution in [0.3, 0.4) is 0 Å². The molecule has 1 heterocycles. The Morgan fingerprint density at radius 3 is 2.22 bits per heavy atom. The average molecular weight is 329 g/mol. The van der Waals surface area contributed by atoms with E-state index >= 15 is 0 Å². The summed E-state index contributed by atoms with van der Waals surface area (Å²) in [4.78, 5) is 24.3. The molecule has 1 aliphatic rings. The molecule has 0 aromatic heterocycles. The van der Waals surface area contributed by atoms with Crippen molar-refractivity contribution in [3.05, 3.63) is 58.1 Å². The molecule has 0 saturated carbocycles. The first kappa shape index (κ1) is 15.8. The SMILES string of the molecule is Cc1cc(C)c(C2C(=O)OC(C)C2=O)cc1-c1ccc(Cl)cc1. The summed E-state index contributed by atoms with van der Waals surface area (Å²) in [6.07, 6.45) is -0.674. The van der Waals surface area contributed by atoms with Gasteiger partial charge in [-0.05, 0) is 66.8 Å². The lowest BCUT2D eigenvalue weighted by molar-refractivity contribution is -0.142. The van der Waals surface area contributed by atoms with Crippen molar-refractivity contribution in [1.82, 2.24) is 0 Å². The van der Waals surface area contributed by atoms with E-state index in [1.165, 1.54) is 0 Å². The number of Topliss-reactive ketones (excluding diaryl/α,β-unsaturated/α-hetero) is 1. The van der Waals surface area contributed by atoms with Crippen molar-refractivity contribution in [2.45, 2.75) is 32.8 Å². The van der Waals surface area contributed by atoms with Gasteiger partial charge >= 0.3 is 5.97 Å². The van der Waals surface area contributed by atoms with E-state index in [-0.39, 0.29) is 5.78 Å². The number of cyclic esters (lactones) is 1. The molecule has 0 spiro atoms. The zero-order valence-corrected chi connectivity index (χ0v) is 14.0. The Kier molecular flexibility index (Phi) is 3.99. The fourth-order valence-electron chi connectivity index (χ4n) is 3.05. The number of hydrogen-bond acceptors (Lipinski definition) is 3. The lowest BCUT2D eigenvalue weighted by atomic mass is 9.86. The predicted octanol–water partition coefficient (Wildman–Crippen LogP) is 4.22. The minimum absolute atomic E-state index is 0.177. The van der Waals surface area contributed by atoms with E-state index < -0.39 is 18.0 Å². The summed E-state index contributed by atoms with van der Waals surface area (Å²) in [7, 11) is 0. The molecule has 0 aliphatic carbocycles. The summed E-state index contributed by atoms with van der Waals surface area (Å²) in [5.74, 6) is -1.46. The first-order chi connectivity index (χ1) is 10.9. The van der Waals surface area contributed by atoms with Crippen LogP contribution >= 0.6 is 11.6 Å². The van der Waals surface area contributed by atoms with Crippen LogP contribution in [0.4, 0.5) is 0 Å². The van der Waals surface area contributed by atoms with Crippen LogP contribution in [0, 0.1) is 13.8 Å². The van der Waals surface area contributed by atoms with E-state index in [0.29, 0.717) is 5.02 Å². The van der Waals surface area contributed by atoms with Gasteiger partial charge in [0.15, 0.2) is 11.9 Å². The van der Waals surface area contributed by atoms with Crippen molar-refractivity contribution in [2.75, 3.05) is 0 Å². The average Bonchev–Trinajstić information content (AvgIpc) is 2.74. The van der Waals surface area contributed by atoms with Crippen molar-refractivity contribution in [1.29, 1.82) is 0 Å². The Bertz CT molecular complexity index is 793. The number of esters is 1. The summed E-state index contributed by atoms with van der Waals surface area (Å²) < 4.78 is 5.08. The maximum atomic E-state index is 12.3. The third kappa shape index (κ3) is 2.77. The maximum absolute atomic E-state index is 12.3. The minimum atomic E-state index is -0.823. The lowest BCUT2D eigenvalue weighted by Crippen LogP contribution is -2.17. The van der Waals surface area contributed by atoms with Gasteiger partial charge in [-0.3, -0.25) is 9.59 Å². The number of halogens is 1. The summed E-state index contributed by atoms with van der Waals surface area (Å²) in [6, 6.07) is 11.4. The molecule has 2 aromatic carbocycles. The highest BCUT2D eigenvalue weighted by Gasteiger charge is 2.42.